The number of hydrogen-bond acceptors (Lipinski definition) is 2. The van der Waals surface area contributed by atoms with E-state index in [9.17, 15) is 13.2 Å². The Labute approximate surface area is 174 Å². The predicted octanol–water partition coefficient (Wildman–Crippen LogP) is 8.05. The van der Waals surface area contributed by atoms with Crippen LogP contribution in [0, 0.1) is 6.92 Å². The van der Waals surface area contributed by atoms with Crippen molar-refractivity contribution in [1.29, 1.82) is 0 Å². The molecule has 2 aromatic rings. The predicted molar refractivity (Wildman–Crippen MR) is 108 cm³/mol. The summed E-state index contributed by atoms with van der Waals surface area (Å²) in [5, 5.41) is 5.41. The molecule has 0 spiro atoms. The van der Waals surface area contributed by atoms with Gasteiger partial charge in [-0.2, -0.15) is 13.2 Å². The molecule has 3 rings (SSSR count). The first-order valence-electron chi connectivity index (χ1n) is 8.17. The summed E-state index contributed by atoms with van der Waals surface area (Å²) in [5.74, 6) is 0. The molecule has 28 heavy (non-hydrogen) atoms. The van der Waals surface area contributed by atoms with Gasteiger partial charge in [-0.3, -0.25) is 0 Å². The fraction of sp³-hybridized carbons (Fsp3) is 0.263. The Hall–Kier alpha value is -1.79. The van der Waals surface area contributed by atoms with Gasteiger partial charge < -0.3 is 0 Å². The van der Waals surface area contributed by atoms with Crippen LogP contribution in [-0.4, -0.2) is 6.18 Å². The van der Waals surface area contributed by atoms with Gasteiger partial charge in [0.25, 0.3) is 0 Å². The summed E-state index contributed by atoms with van der Waals surface area (Å²) in [6.45, 7) is 2.03. The third kappa shape index (κ3) is 3.98. The maximum Gasteiger partial charge on any atom is 0.407 e. The van der Waals surface area contributed by atoms with Crippen molar-refractivity contribution >= 4 is 40.5 Å². The molecule has 3 nitrogen and oxygen atoms in total. The van der Waals surface area contributed by atoms with Crippen LogP contribution in [0.4, 0.5) is 13.2 Å². The van der Waals surface area contributed by atoms with Crippen LogP contribution in [0.15, 0.2) is 46.9 Å². The Balaban J connectivity index is 1.98. The summed E-state index contributed by atoms with van der Waals surface area (Å²) < 4.78 is 40.3. The zero-order valence-electron chi connectivity index (χ0n) is 14.6. The summed E-state index contributed by atoms with van der Waals surface area (Å²) >= 11 is 12.6. The van der Waals surface area contributed by atoms with E-state index in [1.807, 2.05) is 13.0 Å². The lowest BCUT2D eigenvalue weighted by molar-refractivity contribution is -0.160. The quantitative estimate of drug-likeness (QED) is 0.267. The Morgan fingerprint density at radius 3 is 2.43 bits per heavy atom. The molecule has 9 heteroatoms. The summed E-state index contributed by atoms with van der Waals surface area (Å²) in [6, 6.07) is 9.38. The minimum absolute atomic E-state index is 0.0328. The van der Waals surface area contributed by atoms with Crippen LogP contribution in [-0.2, 0) is 11.3 Å². The van der Waals surface area contributed by atoms with Gasteiger partial charge in [0, 0.05) is 21.4 Å². The highest BCUT2D eigenvalue weighted by Crippen LogP contribution is 2.60. The van der Waals surface area contributed by atoms with Gasteiger partial charge in [-0.25, -0.2) is 0 Å². The maximum atomic E-state index is 14.2. The van der Waals surface area contributed by atoms with Crippen LogP contribution in [0.2, 0.25) is 10.0 Å². The summed E-state index contributed by atoms with van der Waals surface area (Å²) in [5.41, 5.74) is 11.4. The molecule has 0 amide bonds. The van der Waals surface area contributed by atoms with Crippen molar-refractivity contribution < 1.29 is 13.2 Å². The maximum absolute atomic E-state index is 14.2. The van der Waals surface area contributed by atoms with E-state index >= 15 is 0 Å². The largest absolute Gasteiger partial charge is 0.407 e. The minimum Gasteiger partial charge on any atom is -0.169 e. The molecule has 2 aromatic carbocycles. The third-order valence-electron chi connectivity index (χ3n) is 4.65. The van der Waals surface area contributed by atoms with E-state index in [0.29, 0.717) is 11.1 Å². The standard InChI is InChI=1S/C19H14Cl2F3N3S/c1-11-4-12(2-3-13(11)9-26-27-25)14-8-18(28-10-14,19(22,23)24)15-5-16(20)7-17(21)6-15/h2-7,10H,8-9H2,1H3. The molecule has 0 aromatic heterocycles. The molecule has 1 heterocycles. The average Bonchev–Trinajstić information content (AvgIpc) is 3.06. The fourth-order valence-electron chi connectivity index (χ4n) is 3.16. The number of nitrogens with zero attached hydrogens (tertiary/aromatic N) is 3. The zero-order chi connectivity index (χ0) is 20.5. The number of hydrogen-bond donors (Lipinski definition) is 0. The van der Waals surface area contributed by atoms with Gasteiger partial charge in [0.2, 0.25) is 0 Å². The SMILES string of the molecule is Cc1cc(C2=CSC(c3cc(Cl)cc(Cl)c3)(C(F)(F)F)C2)ccc1CN=[N+]=[N-]. The van der Waals surface area contributed by atoms with Gasteiger partial charge in [0.05, 0.1) is 6.54 Å². The Morgan fingerprint density at radius 1 is 1.18 bits per heavy atom. The molecule has 1 aliphatic heterocycles. The highest BCUT2D eigenvalue weighted by atomic mass is 35.5. The van der Waals surface area contributed by atoms with Crippen molar-refractivity contribution in [3.63, 3.8) is 0 Å². The van der Waals surface area contributed by atoms with Crippen molar-refractivity contribution in [2.45, 2.75) is 30.8 Å². The number of halogens is 5. The second kappa shape index (κ2) is 7.91. The van der Waals surface area contributed by atoms with Crippen LogP contribution in [0.25, 0.3) is 16.0 Å². The van der Waals surface area contributed by atoms with Crippen molar-refractivity contribution in [2.24, 2.45) is 5.11 Å². The van der Waals surface area contributed by atoms with Gasteiger partial charge in [-0.05, 0) is 63.9 Å². The normalized spacial score (nSPS) is 19.3. The molecule has 1 aliphatic rings. The lowest BCUT2D eigenvalue weighted by Gasteiger charge is -2.32. The number of alkyl halides is 3. The molecular weight excluding hydrogens is 430 g/mol. The van der Waals surface area contributed by atoms with E-state index in [-0.39, 0.29) is 28.6 Å². The minimum atomic E-state index is -4.50. The van der Waals surface area contributed by atoms with Crippen LogP contribution >= 0.6 is 35.0 Å². The topological polar surface area (TPSA) is 48.8 Å². The molecule has 0 N–H and O–H groups in total. The summed E-state index contributed by atoms with van der Waals surface area (Å²) in [7, 11) is 0. The van der Waals surface area contributed by atoms with Crippen LogP contribution in [0.1, 0.15) is 28.7 Å². The molecule has 0 aliphatic carbocycles. The average molecular weight is 444 g/mol. The van der Waals surface area contributed by atoms with E-state index in [1.54, 1.807) is 17.5 Å². The second-order valence-electron chi connectivity index (χ2n) is 6.45. The van der Waals surface area contributed by atoms with E-state index in [2.05, 4.69) is 10.0 Å². The number of thioether (sulfide) groups is 1. The molecule has 0 radical (unpaired) electrons. The smallest absolute Gasteiger partial charge is 0.169 e. The van der Waals surface area contributed by atoms with Gasteiger partial charge in [0.15, 0.2) is 0 Å². The van der Waals surface area contributed by atoms with Crippen molar-refractivity contribution in [2.75, 3.05) is 0 Å². The highest BCUT2D eigenvalue weighted by molar-refractivity contribution is 8.03. The number of allylic oxidation sites excluding steroid dienone is 1. The van der Waals surface area contributed by atoms with Gasteiger partial charge in [-0.15, -0.1) is 11.8 Å². The van der Waals surface area contributed by atoms with Crippen molar-refractivity contribution in [1.82, 2.24) is 0 Å². The number of benzene rings is 2. The number of rotatable bonds is 4. The second-order valence-corrected chi connectivity index (χ2v) is 8.49. The first-order chi connectivity index (χ1) is 13.2. The molecule has 0 saturated carbocycles. The van der Waals surface area contributed by atoms with Crippen LogP contribution in [0.3, 0.4) is 0 Å². The molecule has 1 unspecified atom stereocenters. The van der Waals surface area contributed by atoms with E-state index in [0.717, 1.165) is 22.9 Å². The summed E-state index contributed by atoms with van der Waals surface area (Å²) in [4.78, 5) is 2.73. The molecule has 146 valence electrons. The molecule has 0 saturated heterocycles. The van der Waals surface area contributed by atoms with Crippen LogP contribution < -0.4 is 0 Å². The Kier molecular flexibility index (Phi) is 5.92. The Morgan fingerprint density at radius 2 is 1.86 bits per heavy atom. The van der Waals surface area contributed by atoms with Crippen LogP contribution in [0.5, 0.6) is 0 Å². The van der Waals surface area contributed by atoms with Gasteiger partial charge in [0.1, 0.15) is 4.75 Å². The Bertz CT molecular complexity index is 980. The molecule has 1 atom stereocenters. The van der Waals surface area contributed by atoms with Crippen molar-refractivity contribution in [3.8, 4) is 0 Å². The van der Waals surface area contributed by atoms with E-state index in [1.165, 1.54) is 18.2 Å². The molecule has 0 bridgehead atoms. The number of aryl methyl sites for hydroxylation is 1. The molecular formula is C19H14Cl2F3N3S. The third-order valence-corrected chi connectivity index (χ3v) is 6.50. The first-order valence-corrected chi connectivity index (χ1v) is 9.81. The lowest BCUT2D eigenvalue weighted by atomic mass is 9.88. The van der Waals surface area contributed by atoms with Gasteiger partial charge >= 0.3 is 6.18 Å². The lowest BCUT2D eigenvalue weighted by Crippen LogP contribution is -2.37. The summed E-state index contributed by atoms with van der Waals surface area (Å²) in [6.07, 6.45) is -4.73. The number of azide groups is 1. The monoisotopic (exact) mass is 443 g/mol. The zero-order valence-corrected chi connectivity index (χ0v) is 16.9. The van der Waals surface area contributed by atoms with Gasteiger partial charge in [-0.1, -0.05) is 46.5 Å². The molecule has 0 fully saturated rings. The first kappa shape index (κ1) is 20.9. The fourth-order valence-corrected chi connectivity index (χ4v) is 4.88. The van der Waals surface area contributed by atoms with E-state index in [4.69, 9.17) is 28.7 Å². The highest BCUT2D eigenvalue weighted by Gasteiger charge is 2.58. The van der Waals surface area contributed by atoms with E-state index < -0.39 is 10.9 Å². The van der Waals surface area contributed by atoms with Crippen molar-refractivity contribution in [3.05, 3.63) is 84.5 Å².